The van der Waals surface area contributed by atoms with E-state index in [4.69, 9.17) is 4.74 Å². The molecule has 2 fully saturated rings. The largest absolute Gasteiger partial charge is 0.375 e. The van der Waals surface area contributed by atoms with Gasteiger partial charge in [-0.25, -0.2) is 17.9 Å². The number of hydrogen-bond acceptors (Lipinski definition) is 4. The Hall–Kier alpha value is -0.810. The van der Waals surface area contributed by atoms with Gasteiger partial charge in [0.05, 0.1) is 19.3 Å². The maximum absolute atomic E-state index is 13.7. The van der Waals surface area contributed by atoms with E-state index in [0.717, 1.165) is 31.7 Å². The summed E-state index contributed by atoms with van der Waals surface area (Å²) in [4.78, 5) is 0. The van der Waals surface area contributed by atoms with Crippen molar-refractivity contribution in [2.75, 3.05) is 19.7 Å². The van der Waals surface area contributed by atoms with Gasteiger partial charge in [0.1, 0.15) is 5.82 Å². The van der Waals surface area contributed by atoms with Crippen LogP contribution >= 0.6 is 12.6 Å². The molecule has 5 nitrogen and oxygen atoms in total. The van der Waals surface area contributed by atoms with Crippen LogP contribution in [0.2, 0.25) is 0 Å². The summed E-state index contributed by atoms with van der Waals surface area (Å²) in [5, 5.41) is -0.130. The van der Waals surface area contributed by atoms with Crippen LogP contribution in [-0.2, 0) is 21.6 Å². The molecule has 1 saturated heterocycles. The lowest BCUT2D eigenvalue weighted by Crippen LogP contribution is -2.46. The molecule has 2 aliphatic rings. The van der Waals surface area contributed by atoms with E-state index in [1.807, 2.05) is 0 Å². The van der Waals surface area contributed by atoms with Gasteiger partial charge in [-0.05, 0) is 31.2 Å². The topological polar surface area (TPSA) is 58.6 Å². The molecule has 3 rings (SSSR count). The molecule has 1 N–H and O–H groups in total. The summed E-state index contributed by atoms with van der Waals surface area (Å²) in [6, 6.07) is 0.773. The number of benzene rings is 1. The number of rotatable bonds is 8. The molecule has 1 aliphatic heterocycles. The lowest BCUT2D eigenvalue weighted by atomic mass is 9.90. The van der Waals surface area contributed by atoms with Crippen molar-refractivity contribution in [2.45, 2.75) is 56.4 Å². The van der Waals surface area contributed by atoms with Crippen molar-refractivity contribution in [2.24, 2.45) is 5.92 Å². The van der Waals surface area contributed by atoms with Crippen molar-refractivity contribution in [3.8, 4) is 0 Å². The molecule has 0 radical (unpaired) electrons. The molecule has 1 heterocycles. The van der Waals surface area contributed by atoms with Crippen LogP contribution in [0.5, 0.6) is 0 Å². The summed E-state index contributed by atoms with van der Waals surface area (Å²) in [5.41, 5.74) is -0.117. The fourth-order valence-electron chi connectivity index (χ4n) is 3.99. The predicted molar refractivity (Wildman–Crippen MR) is 107 cm³/mol. The molecule has 10 heteroatoms. The average Bonchev–Trinajstić information content (AvgIpc) is 3.07. The maximum Gasteiger partial charge on any atom is 0.279 e. The van der Waals surface area contributed by atoms with Crippen molar-refractivity contribution in [1.82, 2.24) is 9.03 Å². The quantitative estimate of drug-likeness (QED) is 0.470. The Kier molecular flexibility index (Phi) is 7.88. The molecule has 0 bridgehead atoms. The number of nitrogens with one attached hydrogen (secondary N) is 1. The van der Waals surface area contributed by atoms with Crippen molar-refractivity contribution in [3.05, 3.63) is 35.1 Å². The Labute approximate surface area is 175 Å². The molecular weight excluding hydrogens is 425 g/mol. The van der Waals surface area contributed by atoms with Crippen LogP contribution in [0.25, 0.3) is 0 Å². The summed E-state index contributed by atoms with van der Waals surface area (Å²) in [6.45, 7) is 0.417. The number of ether oxygens (including phenoxy) is 1. The Morgan fingerprint density at radius 1 is 1.10 bits per heavy atom. The number of halogens is 3. The molecule has 0 spiro atoms. The van der Waals surface area contributed by atoms with Gasteiger partial charge in [0.15, 0.2) is 11.6 Å². The van der Waals surface area contributed by atoms with Crippen LogP contribution < -0.4 is 4.72 Å². The van der Waals surface area contributed by atoms with Crippen LogP contribution in [0.3, 0.4) is 0 Å². The average molecular weight is 453 g/mol. The molecule has 29 heavy (non-hydrogen) atoms. The van der Waals surface area contributed by atoms with Crippen molar-refractivity contribution in [1.29, 1.82) is 0 Å². The fraction of sp³-hybridized carbons (Fsp3) is 0.684. The minimum Gasteiger partial charge on any atom is -0.375 e. The summed E-state index contributed by atoms with van der Waals surface area (Å²) < 4.78 is 75.1. The molecule has 164 valence electrons. The first-order valence-electron chi connectivity index (χ1n) is 9.92. The van der Waals surface area contributed by atoms with Gasteiger partial charge in [-0.3, -0.25) is 0 Å². The van der Waals surface area contributed by atoms with Crippen LogP contribution in [0.15, 0.2) is 12.1 Å². The second-order valence-electron chi connectivity index (χ2n) is 7.84. The summed E-state index contributed by atoms with van der Waals surface area (Å²) in [5.74, 6) is -2.96. The van der Waals surface area contributed by atoms with Gasteiger partial charge in [0.25, 0.3) is 10.2 Å². The summed E-state index contributed by atoms with van der Waals surface area (Å²) >= 11 is 4.40. The highest BCUT2D eigenvalue weighted by Gasteiger charge is 2.38. The maximum atomic E-state index is 13.7. The van der Waals surface area contributed by atoms with Gasteiger partial charge in [-0.15, -0.1) is 0 Å². The van der Waals surface area contributed by atoms with Crippen LogP contribution in [0.1, 0.15) is 44.1 Å². The van der Waals surface area contributed by atoms with Crippen LogP contribution in [0.4, 0.5) is 13.2 Å². The van der Waals surface area contributed by atoms with E-state index in [9.17, 15) is 21.6 Å². The molecule has 0 amide bonds. The lowest BCUT2D eigenvalue weighted by molar-refractivity contribution is 0.0849. The van der Waals surface area contributed by atoms with E-state index in [0.29, 0.717) is 24.9 Å². The van der Waals surface area contributed by atoms with E-state index in [1.54, 1.807) is 0 Å². The van der Waals surface area contributed by atoms with Gasteiger partial charge in [-0.2, -0.15) is 25.4 Å². The van der Waals surface area contributed by atoms with Gasteiger partial charge < -0.3 is 4.74 Å². The van der Waals surface area contributed by atoms with E-state index >= 15 is 0 Å². The van der Waals surface area contributed by atoms with E-state index in [-0.39, 0.29) is 30.6 Å². The first-order valence-corrected chi connectivity index (χ1v) is 11.9. The first-order chi connectivity index (χ1) is 13.8. The predicted octanol–water partition coefficient (Wildman–Crippen LogP) is 3.41. The second kappa shape index (κ2) is 10.00. The van der Waals surface area contributed by atoms with Gasteiger partial charge in [-0.1, -0.05) is 19.3 Å². The molecule has 2 atom stereocenters. The molecule has 0 aromatic heterocycles. The molecule has 1 aromatic carbocycles. The third-order valence-electron chi connectivity index (χ3n) is 5.59. The number of nitrogens with zero attached hydrogens (tertiary/aromatic N) is 1. The third-order valence-corrected chi connectivity index (χ3v) is 7.56. The SMILES string of the molecule is O=S(=O)(NCC1CCCCC1)N1C[C@H](S)C[C@H]1COCc1cc(F)c(F)cc1F. The minimum absolute atomic E-state index is 0.0137. The Bertz CT molecular complexity index is 804. The van der Waals surface area contributed by atoms with Crippen molar-refractivity contribution < 1.29 is 26.3 Å². The molecular formula is C19H27F3N2O3S2. The van der Waals surface area contributed by atoms with E-state index in [2.05, 4.69) is 17.4 Å². The zero-order chi connectivity index (χ0) is 21.0. The molecule has 0 unspecified atom stereocenters. The first kappa shape index (κ1) is 22.9. The lowest BCUT2D eigenvalue weighted by Gasteiger charge is -2.27. The molecule has 1 aromatic rings. The van der Waals surface area contributed by atoms with Crippen LogP contribution in [0, 0.1) is 23.4 Å². The third kappa shape index (κ3) is 6.10. The van der Waals surface area contributed by atoms with Gasteiger partial charge >= 0.3 is 0 Å². The Morgan fingerprint density at radius 3 is 2.52 bits per heavy atom. The van der Waals surface area contributed by atoms with Gasteiger partial charge in [0, 0.05) is 30.0 Å². The molecule has 1 saturated carbocycles. The van der Waals surface area contributed by atoms with Crippen molar-refractivity contribution >= 4 is 22.8 Å². The highest BCUT2D eigenvalue weighted by Crippen LogP contribution is 2.27. The number of hydrogen-bond donors (Lipinski definition) is 2. The van der Waals surface area contributed by atoms with Crippen LogP contribution in [-0.4, -0.2) is 43.7 Å². The Balaban J connectivity index is 1.55. The highest BCUT2D eigenvalue weighted by atomic mass is 32.2. The van der Waals surface area contributed by atoms with Gasteiger partial charge in [0.2, 0.25) is 0 Å². The Morgan fingerprint density at radius 2 is 1.79 bits per heavy atom. The van der Waals surface area contributed by atoms with E-state index in [1.165, 1.54) is 10.7 Å². The standard InChI is InChI=1S/C19H27F3N2O3S2/c20-17-8-19(22)18(21)6-14(17)11-27-12-15-7-16(28)10-24(15)29(25,26)23-9-13-4-2-1-3-5-13/h6,8,13,15-16,23,28H,1-5,7,9-12H2/t15-,16+/m0/s1. The summed E-state index contributed by atoms with van der Waals surface area (Å²) in [6.07, 6.45) is 6.02. The summed E-state index contributed by atoms with van der Waals surface area (Å²) in [7, 11) is -3.69. The fourth-order valence-corrected chi connectivity index (χ4v) is 6.04. The van der Waals surface area contributed by atoms with Crippen molar-refractivity contribution in [3.63, 3.8) is 0 Å². The normalized spacial score (nSPS) is 24.3. The minimum atomic E-state index is -3.69. The van der Waals surface area contributed by atoms with E-state index < -0.39 is 33.7 Å². The smallest absolute Gasteiger partial charge is 0.279 e. The number of thiol groups is 1. The monoisotopic (exact) mass is 452 g/mol. The molecule has 1 aliphatic carbocycles. The highest BCUT2D eigenvalue weighted by molar-refractivity contribution is 7.87. The zero-order valence-corrected chi connectivity index (χ0v) is 17.8. The zero-order valence-electron chi connectivity index (χ0n) is 16.1. The second-order valence-corrected chi connectivity index (χ2v) is 10.3.